The van der Waals surface area contributed by atoms with Crippen LogP contribution < -0.4 is 0 Å². The summed E-state index contributed by atoms with van der Waals surface area (Å²) in [5, 5.41) is 0. The lowest BCUT2D eigenvalue weighted by atomic mass is 10.1. The van der Waals surface area contributed by atoms with Crippen LogP contribution in [-0.2, 0) is 38.1 Å². The fourth-order valence-corrected chi connectivity index (χ4v) is 18.5. The highest BCUT2D eigenvalue weighted by Gasteiger charge is 2.37. The van der Waals surface area contributed by atoms with E-state index < -0.39 is 23.9 Å². The zero-order chi connectivity index (χ0) is 35.1. The third kappa shape index (κ3) is 9.31. The van der Waals surface area contributed by atoms with Gasteiger partial charge in [0.25, 0.3) is 0 Å². The Morgan fingerprint density at radius 3 is 1.02 bits per heavy atom. The monoisotopic (exact) mass is 874 g/mol. The van der Waals surface area contributed by atoms with Gasteiger partial charge in [0.1, 0.15) is 19.6 Å². The van der Waals surface area contributed by atoms with Crippen LogP contribution in [0.3, 0.4) is 0 Å². The average molecular weight is 875 g/mol. The number of esters is 4. The molecule has 0 saturated carbocycles. The molecule has 0 N–H and O–H groups in total. The molecule has 0 saturated heterocycles. The van der Waals surface area contributed by atoms with Crippen molar-refractivity contribution in [1.82, 2.24) is 0 Å². The Balaban J connectivity index is 1.97. The van der Waals surface area contributed by atoms with Crippen molar-refractivity contribution in [2.24, 2.45) is 0 Å². The van der Waals surface area contributed by atoms with Crippen LogP contribution in [0.5, 0.6) is 0 Å². The van der Waals surface area contributed by atoms with E-state index in [0.29, 0.717) is 14.0 Å². The molecule has 8 nitrogen and oxygen atoms in total. The molecule has 0 amide bonds. The number of carbonyl (C=O) groups is 4. The largest absolute Gasteiger partial charge is 0.465 e. The zero-order valence-corrected chi connectivity index (χ0v) is 36.1. The van der Waals surface area contributed by atoms with E-state index >= 15 is 0 Å². The van der Waals surface area contributed by atoms with Gasteiger partial charge >= 0.3 is 23.9 Å². The molecule has 4 aliphatic heterocycles. The van der Waals surface area contributed by atoms with Gasteiger partial charge in [-0.1, -0.05) is 94.1 Å². The van der Waals surface area contributed by atoms with Gasteiger partial charge in [-0.25, -0.2) is 19.2 Å². The Bertz CT molecular complexity index is 1590. The molecular weight excluding hydrogens is 849 g/mol. The molecule has 20 heteroatoms. The summed E-state index contributed by atoms with van der Waals surface area (Å²) >= 11 is 17.9. The lowest BCUT2D eigenvalue weighted by Gasteiger charge is -2.14. The SMILES string of the molecule is COC(=O)C1=C(C(=O)OC)SC(=CC(=C2SC(C(=O)OC)=C(C(=O)OC)S2)C(C=C2SC(SC)=C(SC)S2)=C2SC(SC)=C(SC)S2)S1. The minimum atomic E-state index is -0.657. The van der Waals surface area contributed by atoms with Gasteiger partial charge < -0.3 is 18.9 Å². The van der Waals surface area contributed by atoms with Crippen LogP contribution in [0.1, 0.15) is 0 Å². The zero-order valence-electron chi connectivity index (χ0n) is 26.3. The number of rotatable bonds is 11. The van der Waals surface area contributed by atoms with Crippen molar-refractivity contribution in [3.8, 4) is 0 Å². The second-order valence-corrected chi connectivity index (χ2v) is 22.0. The maximum absolute atomic E-state index is 12.9. The summed E-state index contributed by atoms with van der Waals surface area (Å²) in [6.07, 6.45) is 12.2. The normalized spacial score (nSPS) is 17.9. The number of ether oxygens (including phenoxy) is 4. The average Bonchev–Trinajstić information content (AvgIpc) is 3.92. The third-order valence-corrected chi connectivity index (χ3v) is 21.1. The highest BCUT2D eigenvalue weighted by atomic mass is 32.3. The highest BCUT2D eigenvalue weighted by Crippen LogP contribution is 2.62. The second-order valence-electron chi connectivity index (χ2n) is 8.39. The van der Waals surface area contributed by atoms with E-state index in [1.807, 2.05) is 18.6 Å². The third-order valence-electron chi connectivity index (χ3n) is 5.78. The first-order valence-corrected chi connectivity index (χ1v) is 24.3. The summed E-state index contributed by atoms with van der Waals surface area (Å²) < 4.78 is 28.1. The predicted octanol–water partition coefficient (Wildman–Crippen LogP) is 9.83. The van der Waals surface area contributed by atoms with Crippen molar-refractivity contribution >= 4 is 165 Å². The summed E-state index contributed by atoms with van der Waals surface area (Å²) in [5.41, 5.74) is 1.56. The van der Waals surface area contributed by atoms with E-state index in [1.165, 1.54) is 36.9 Å². The Kier molecular flexibility index (Phi) is 16.3. The Labute approximate surface area is 330 Å². The molecule has 4 rings (SSSR count). The molecule has 0 aromatic heterocycles. The number of methoxy groups -OCH3 is 4. The van der Waals surface area contributed by atoms with Gasteiger partial charge in [-0.3, -0.25) is 0 Å². The minimum absolute atomic E-state index is 0.118. The van der Waals surface area contributed by atoms with E-state index in [9.17, 15) is 19.2 Å². The van der Waals surface area contributed by atoms with E-state index in [4.69, 9.17) is 18.9 Å². The van der Waals surface area contributed by atoms with Gasteiger partial charge in [0.2, 0.25) is 0 Å². The summed E-state index contributed by atoms with van der Waals surface area (Å²) in [7, 11) is 5.03. The van der Waals surface area contributed by atoms with E-state index in [2.05, 4.69) is 18.6 Å². The lowest BCUT2D eigenvalue weighted by Crippen LogP contribution is -2.08. The van der Waals surface area contributed by atoms with Gasteiger partial charge in [0, 0.05) is 11.1 Å². The van der Waals surface area contributed by atoms with Crippen LogP contribution in [0.25, 0.3) is 0 Å². The smallest absolute Gasteiger partial charge is 0.346 e. The van der Waals surface area contributed by atoms with E-state index in [-0.39, 0.29) is 19.6 Å². The standard InChI is InChI=1S/C28H26O8S12/c1-33-19(29)15-16(20(30)34-2)42-13(41-15)9-11(23-45-17(21(31)35-3)18(46-23)22(32)36-4)12(24-47-27(39-7)28(40-8)48-24)10-14-43-25(37-5)26(38-6)44-14/h9-10H,1-8H3. The van der Waals surface area contributed by atoms with Gasteiger partial charge in [-0.2, -0.15) is 0 Å². The minimum Gasteiger partial charge on any atom is -0.465 e. The van der Waals surface area contributed by atoms with Crippen LogP contribution in [-0.4, -0.2) is 77.3 Å². The van der Waals surface area contributed by atoms with E-state index in [1.54, 1.807) is 94.1 Å². The number of hydrogen-bond donors (Lipinski definition) is 0. The maximum Gasteiger partial charge on any atom is 0.346 e. The first-order valence-electron chi connectivity index (χ1n) is 12.9. The molecule has 0 aromatic rings. The van der Waals surface area contributed by atoms with E-state index in [0.717, 1.165) is 69.6 Å². The van der Waals surface area contributed by atoms with Crippen molar-refractivity contribution in [3.63, 3.8) is 0 Å². The molecule has 0 aromatic carbocycles. The van der Waals surface area contributed by atoms with Crippen LogP contribution >= 0.6 is 141 Å². The molecule has 258 valence electrons. The number of allylic oxidation sites excluding steroid dienone is 4. The topological polar surface area (TPSA) is 105 Å². The quantitative estimate of drug-likeness (QED) is 0.145. The van der Waals surface area contributed by atoms with Crippen molar-refractivity contribution in [3.05, 3.63) is 76.8 Å². The van der Waals surface area contributed by atoms with Crippen LogP contribution in [0.4, 0.5) is 0 Å². The molecule has 4 aliphatic rings. The Morgan fingerprint density at radius 2 is 0.708 bits per heavy atom. The first kappa shape index (κ1) is 40.8. The van der Waals surface area contributed by atoms with Gasteiger partial charge in [-0.15, -0.1) is 47.0 Å². The van der Waals surface area contributed by atoms with Crippen molar-refractivity contribution in [2.75, 3.05) is 53.5 Å². The van der Waals surface area contributed by atoms with Gasteiger partial charge in [-0.05, 0) is 37.2 Å². The van der Waals surface area contributed by atoms with Crippen molar-refractivity contribution < 1.29 is 38.1 Å². The second kappa shape index (κ2) is 19.2. The molecule has 48 heavy (non-hydrogen) atoms. The summed E-state index contributed by atoms with van der Waals surface area (Å²) in [6.45, 7) is 0. The van der Waals surface area contributed by atoms with Crippen molar-refractivity contribution in [2.45, 2.75) is 0 Å². The fourth-order valence-electron chi connectivity index (χ4n) is 3.65. The summed E-state index contributed by atoms with van der Waals surface area (Å²) in [4.78, 5) is 51.8. The van der Waals surface area contributed by atoms with Crippen LogP contribution in [0.15, 0.2) is 76.8 Å². The first-order chi connectivity index (χ1) is 23.1. The Morgan fingerprint density at radius 1 is 0.438 bits per heavy atom. The van der Waals surface area contributed by atoms with Crippen LogP contribution in [0, 0.1) is 0 Å². The summed E-state index contributed by atoms with van der Waals surface area (Å²) in [6, 6.07) is 0. The van der Waals surface area contributed by atoms with Crippen LogP contribution in [0.2, 0.25) is 0 Å². The summed E-state index contributed by atoms with van der Waals surface area (Å²) in [5.74, 6) is -2.62. The molecule has 0 aliphatic carbocycles. The molecule has 0 fully saturated rings. The molecule has 0 radical (unpaired) electrons. The predicted molar refractivity (Wildman–Crippen MR) is 221 cm³/mol. The van der Waals surface area contributed by atoms with Gasteiger partial charge in [0.05, 0.1) is 62.3 Å². The van der Waals surface area contributed by atoms with Crippen molar-refractivity contribution in [1.29, 1.82) is 0 Å². The number of hydrogen-bond acceptors (Lipinski definition) is 20. The molecule has 0 bridgehead atoms. The highest BCUT2D eigenvalue weighted by molar-refractivity contribution is 8.41. The number of carbonyl (C=O) groups excluding carboxylic acids is 4. The maximum atomic E-state index is 12.9. The molecule has 4 heterocycles. The molecule has 0 atom stereocenters. The Hall–Kier alpha value is 0.00000000000000167. The lowest BCUT2D eigenvalue weighted by molar-refractivity contribution is -0.138. The molecular formula is C28H26O8S12. The van der Waals surface area contributed by atoms with Gasteiger partial charge in [0.15, 0.2) is 0 Å². The molecule has 0 spiro atoms. The number of thioether (sulfide) groups is 12. The fraction of sp³-hybridized carbons (Fsp3) is 0.286. The molecule has 0 unspecified atom stereocenters.